The zero-order valence-electron chi connectivity index (χ0n) is 13.4. The fourth-order valence-corrected chi connectivity index (χ4v) is 3.26. The predicted molar refractivity (Wildman–Crippen MR) is 94.2 cm³/mol. The molecule has 0 aliphatic heterocycles. The largest absolute Gasteiger partial charge is 0.386 e. The molecule has 2 aromatic rings. The maximum Gasteiger partial charge on any atom is 0.253 e. The van der Waals surface area contributed by atoms with Gasteiger partial charge in [0.2, 0.25) is 5.91 Å². The Morgan fingerprint density at radius 2 is 2.04 bits per heavy atom. The number of rotatable bonds is 6. The van der Waals surface area contributed by atoms with Gasteiger partial charge in [-0.2, -0.15) is 0 Å². The molecule has 1 saturated carbocycles. The number of aliphatic hydroxyl groups is 1. The highest BCUT2D eigenvalue weighted by molar-refractivity contribution is 7.10. The number of thiophene rings is 1. The van der Waals surface area contributed by atoms with Crippen LogP contribution in [0.1, 0.15) is 34.2 Å². The standard InChI is InChI=1S/C18H20N2O3S/c1-20(18(23)12-8-9-12)14-6-3-2-5-13(14)17(22)19-11-15(21)16-7-4-10-24-16/h2-7,10,12,15,21H,8-9,11H2,1H3,(H,19,22). The number of hydrogen-bond donors (Lipinski definition) is 2. The van der Waals surface area contributed by atoms with Crippen molar-refractivity contribution in [1.82, 2.24) is 5.32 Å². The summed E-state index contributed by atoms with van der Waals surface area (Å²) in [7, 11) is 1.70. The normalized spacial score (nSPS) is 14.9. The summed E-state index contributed by atoms with van der Waals surface area (Å²) in [5.41, 5.74) is 1.03. The van der Waals surface area contributed by atoms with Gasteiger partial charge < -0.3 is 15.3 Å². The first-order valence-electron chi connectivity index (χ1n) is 7.94. The van der Waals surface area contributed by atoms with Gasteiger partial charge in [-0.1, -0.05) is 18.2 Å². The van der Waals surface area contributed by atoms with Crippen LogP contribution in [0.4, 0.5) is 5.69 Å². The van der Waals surface area contributed by atoms with Crippen molar-refractivity contribution >= 4 is 28.8 Å². The second-order valence-corrected chi connectivity index (χ2v) is 6.91. The second-order valence-electron chi connectivity index (χ2n) is 5.93. The number of carbonyl (C=O) groups is 2. The van der Waals surface area contributed by atoms with E-state index in [4.69, 9.17) is 0 Å². The minimum atomic E-state index is -0.730. The van der Waals surface area contributed by atoms with Gasteiger partial charge in [0, 0.05) is 24.4 Å². The van der Waals surface area contributed by atoms with Gasteiger partial charge in [-0.25, -0.2) is 0 Å². The first-order valence-corrected chi connectivity index (χ1v) is 8.82. The van der Waals surface area contributed by atoms with Crippen LogP contribution in [-0.4, -0.2) is 30.5 Å². The molecule has 2 amide bonds. The predicted octanol–water partition coefficient (Wildman–Crippen LogP) is 2.58. The summed E-state index contributed by atoms with van der Waals surface area (Å²) in [6.07, 6.45) is 1.11. The van der Waals surface area contributed by atoms with E-state index >= 15 is 0 Å². The summed E-state index contributed by atoms with van der Waals surface area (Å²) in [5.74, 6) is -0.155. The number of hydrogen-bond acceptors (Lipinski definition) is 4. The summed E-state index contributed by atoms with van der Waals surface area (Å²) in [6.45, 7) is 0.133. The second kappa shape index (κ2) is 7.15. The topological polar surface area (TPSA) is 69.6 Å². The first-order chi connectivity index (χ1) is 11.6. The van der Waals surface area contributed by atoms with Crippen LogP contribution >= 0.6 is 11.3 Å². The van der Waals surface area contributed by atoms with E-state index in [0.29, 0.717) is 11.3 Å². The minimum absolute atomic E-state index is 0.0499. The average Bonchev–Trinajstić information content (AvgIpc) is 3.32. The third-order valence-corrected chi connectivity index (χ3v) is 5.07. The van der Waals surface area contributed by atoms with Crippen LogP contribution in [-0.2, 0) is 4.79 Å². The van der Waals surface area contributed by atoms with Crippen molar-refractivity contribution in [2.24, 2.45) is 5.92 Å². The van der Waals surface area contributed by atoms with E-state index in [1.807, 2.05) is 23.6 Å². The Morgan fingerprint density at radius 1 is 1.29 bits per heavy atom. The maximum absolute atomic E-state index is 12.5. The quantitative estimate of drug-likeness (QED) is 0.846. The van der Waals surface area contributed by atoms with Crippen molar-refractivity contribution in [3.8, 4) is 0 Å². The lowest BCUT2D eigenvalue weighted by Crippen LogP contribution is -2.33. The zero-order valence-corrected chi connectivity index (χ0v) is 14.3. The molecule has 0 radical (unpaired) electrons. The van der Waals surface area contributed by atoms with Crippen molar-refractivity contribution in [1.29, 1.82) is 0 Å². The lowest BCUT2D eigenvalue weighted by molar-refractivity contribution is -0.119. The van der Waals surface area contributed by atoms with Gasteiger partial charge in [0.15, 0.2) is 0 Å². The number of aliphatic hydroxyl groups excluding tert-OH is 1. The summed E-state index contributed by atoms with van der Waals surface area (Å²) in [5, 5.41) is 14.7. The molecule has 126 valence electrons. The smallest absolute Gasteiger partial charge is 0.253 e. The highest BCUT2D eigenvalue weighted by atomic mass is 32.1. The van der Waals surface area contributed by atoms with E-state index in [9.17, 15) is 14.7 Å². The SMILES string of the molecule is CN(C(=O)C1CC1)c1ccccc1C(=O)NCC(O)c1cccs1. The van der Waals surface area contributed by atoms with Crippen molar-refractivity contribution in [3.05, 3.63) is 52.2 Å². The number of carbonyl (C=O) groups excluding carboxylic acids is 2. The van der Waals surface area contributed by atoms with E-state index in [0.717, 1.165) is 17.7 Å². The van der Waals surface area contributed by atoms with Gasteiger partial charge in [-0.05, 0) is 36.4 Å². The van der Waals surface area contributed by atoms with Crippen LogP contribution in [0.25, 0.3) is 0 Å². The Kier molecular flexibility index (Phi) is 4.97. The molecular weight excluding hydrogens is 324 g/mol. The average molecular weight is 344 g/mol. The van der Waals surface area contributed by atoms with Crippen LogP contribution in [0.2, 0.25) is 0 Å². The number of benzene rings is 1. The summed E-state index contributed by atoms with van der Waals surface area (Å²) in [6, 6.07) is 10.7. The molecule has 2 N–H and O–H groups in total. The Morgan fingerprint density at radius 3 is 2.71 bits per heavy atom. The molecule has 1 aliphatic carbocycles. The molecule has 6 heteroatoms. The molecule has 24 heavy (non-hydrogen) atoms. The first kappa shape index (κ1) is 16.7. The van der Waals surface area contributed by atoms with Gasteiger partial charge in [0.1, 0.15) is 6.10 Å². The van der Waals surface area contributed by atoms with E-state index in [1.54, 1.807) is 30.1 Å². The van der Waals surface area contributed by atoms with E-state index in [-0.39, 0.29) is 24.3 Å². The summed E-state index contributed by atoms with van der Waals surface area (Å²) in [4.78, 5) is 27.1. The Balaban J connectivity index is 1.69. The van der Waals surface area contributed by atoms with Crippen LogP contribution in [0, 0.1) is 5.92 Å². The number of para-hydroxylation sites is 1. The van der Waals surface area contributed by atoms with Crippen LogP contribution in [0.5, 0.6) is 0 Å². The van der Waals surface area contributed by atoms with Crippen molar-refractivity contribution in [3.63, 3.8) is 0 Å². The Labute approximate surface area is 144 Å². The Hall–Kier alpha value is -2.18. The monoisotopic (exact) mass is 344 g/mol. The number of anilines is 1. The van der Waals surface area contributed by atoms with E-state index in [2.05, 4.69) is 5.32 Å². The maximum atomic E-state index is 12.5. The van der Waals surface area contributed by atoms with Crippen LogP contribution in [0.3, 0.4) is 0 Å². The number of amides is 2. The van der Waals surface area contributed by atoms with Gasteiger partial charge in [-0.3, -0.25) is 9.59 Å². The number of nitrogens with zero attached hydrogens (tertiary/aromatic N) is 1. The molecule has 5 nitrogen and oxygen atoms in total. The molecule has 1 aromatic carbocycles. The molecule has 0 saturated heterocycles. The Bertz CT molecular complexity index is 726. The van der Waals surface area contributed by atoms with Crippen molar-refractivity contribution in [2.75, 3.05) is 18.5 Å². The summed E-state index contributed by atoms with van der Waals surface area (Å²) < 4.78 is 0. The summed E-state index contributed by atoms with van der Waals surface area (Å²) >= 11 is 1.45. The fourth-order valence-electron chi connectivity index (χ4n) is 2.55. The van der Waals surface area contributed by atoms with E-state index in [1.165, 1.54) is 11.3 Å². The van der Waals surface area contributed by atoms with Gasteiger partial charge in [0.25, 0.3) is 5.91 Å². The molecule has 1 unspecified atom stereocenters. The molecule has 0 spiro atoms. The fraction of sp³-hybridized carbons (Fsp3) is 0.333. The zero-order chi connectivity index (χ0) is 17.1. The molecule has 1 atom stereocenters. The van der Waals surface area contributed by atoms with Gasteiger partial charge in [-0.15, -0.1) is 11.3 Å². The highest BCUT2D eigenvalue weighted by Crippen LogP contribution is 2.33. The molecule has 3 rings (SSSR count). The molecular formula is C18H20N2O3S. The van der Waals surface area contributed by atoms with Gasteiger partial charge >= 0.3 is 0 Å². The molecule has 1 heterocycles. The third-order valence-electron chi connectivity index (χ3n) is 4.09. The molecule has 1 fully saturated rings. The van der Waals surface area contributed by atoms with Crippen molar-refractivity contribution < 1.29 is 14.7 Å². The number of nitrogens with one attached hydrogen (secondary N) is 1. The highest BCUT2D eigenvalue weighted by Gasteiger charge is 2.33. The van der Waals surface area contributed by atoms with Crippen LogP contribution in [0.15, 0.2) is 41.8 Å². The lowest BCUT2D eigenvalue weighted by Gasteiger charge is -2.20. The minimum Gasteiger partial charge on any atom is -0.386 e. The van der Waals surface area contributed by atoms with Crippen LogP contribution < -0.4 is 10.2 Å². The van der Waals surface area contributed by atoms with Crippen molar-refractivity contribution in [2.45, 2.75) is 18.9 Å². The third kappa shape index (κ3) is 3.66. The van der Waals surface area contributed by atoms with E-state index < -0.39 is 6.10 Å². The lowest BCUT2D eigenvalue weighted by atomic mass is 10.1. The molecule has 1 aliphatic rings. The molecule has 0 bridgehead atoms. The van der Waals surface area contributed by atoms with Gasteiger partial charge in [0.05, 0.1) is 11.3 Å². The molecule has 1 aromatic heterocycles.